The van der Waals surface area contributed by atoms with Crippen molar-refractivity contribution < 1.29 is 18.3 Å². The molecule has 0 radical (unpaired) electrons. The van der Waals surface area contributed by atoms with Gasteiger partial charge in [-0.25, -0.2) is 18.6 Å². The monoisotopic (exact) mass is 327 g/mol. The number of aromatic nitrogens is 1. The van der Waals surface area contributed by atoms with Crippen molar-refractivity contribution in [2.45, 2.75) is 6.92 Å². The van der Waals surface area contributed by atoms with Gasteiger partial charge < -0.3 is 16.2 Å². The Morgan fingerprint density at radius 3 is 2.64 bits per heavy atom. The fraction of sp³-hybridized carbons (Fsp3) is 0.143. The van der Waals surface area contributed by atoms with Crippen molar-refractivity contribution in [1.82, 2.24) is 4.98 Å². The molecule has 0 unspecified atom stereocenters. The minimum atomic E-state index is -0.942. The number of halogens is 3. The summed E-state index contributed by atoms with van der Waals surface area (Å²) >= 11 is 5.92. The van der Waals surface area contributed by atoms with Crippen LogP contribution in [0.2, 0.25) is 5.02 Å². The highest BCUT2D eigenvalue weighted by atomic mass is 35.5. The Hall–Kier alpha value is -2.41. The van der Waals surface area contributed by atoms with Crippen LogP contribution < -0.4 is 11.5 Å². The zero-order valence-electron chi connectivity index (χ0n) is 11.5. The fourth-order valence-corrected chi connectivity index (χ4v) is 1.99. The Morgan fingerprint density at radius 2 is 2.00 bits per heavy atom. The van der Waals surface area contributed by atoms with Crippen LogP contribution in [0.5, 0.6) is 0 Å². The first-order valence-corrected chi connectivity index (χ1v) is 6.61. The molecule has 0 saturated carbocycles. The number of hydrogen-bond acceptors (Lipinski definition) is 5. The number of ether oxygens (including phenoxy) is 1. The van der Waals surface area contributed by atoms with Gasteiger partial charge in [0.25, 0.3) is 0 Å². The van der Waals surface area contributed by atoms with E-state index in [0.29, 0.717) is 6.07 Å². The van der Waals surface area contributed by atoms with E-state index in [1.165, 1.54) is 6.07 Å². The van der Waals surface area contributed by atoms with Crippen LogP contribution in [0.3, 0.4) is 0 Å². The summed E-state index contributed by atoms with van der Waals surface area (Å²) in [6.45, 7) is 1.72. The summed E-state index contributed by atoms with van der Waals surface area (Å²) in [5.41, 5.74) is 10.7. The standard InChI is InChI=1S/C14H12ClF2N3O2/c1-2-22-14(21)13-11(15)9(18)5-10(20-13)7-3-6(16)4-8(17)12(7)19/h3-5H,2,19H2,1H3,(H2,18,20). The van der Waals surface area contributed by atoms with Crippen LogP contribution in [0.1, 0.15) is 17.4 Å². The highest BCUT2D eigenvalue weighted by Crippen LogP contribution is 2.32. The predicted molar refractivity (Wildman–Crippen MR) is 79.4 cm³/mol. The summed E-state index contributed by atoms with van der Waals surface area (Å²) in [4.78, 5) is 15.8. The van der Waals surface area contributed by atoms with E-state index >= 15 is 0 Å². The molecule has 0 bridgehead atoms. The van der Waals surface area contributed by atoms with Crippen molar-refractivity contribution in [3.63, 3.8) is 0 Å². The number of rotatable bonds is 3. The van der Waals surface area contributed by atoms with Gasteiger partial charge in [-0.15, -0.1) is 0 Å². The maximum absolute atomic E-state index is 13.5. The number of nitrogen functional groups attached to an aromatic ring is 2. The molecule has 0 aliphatic heterocycles. The van der Waals surface area contributed by atoms with Crippen LogP contribution >= 0.6 is 11.6 Å². The molecule has 0 amide bonds. The molecule has 4 N–H and O–H groups in total. The largest absolute Gasteiger partial charge is 0.461 e. The average molecular weight is 328 g/mol. The van der Waals surface area contributed by atoms with Crippen LogP contribution in [-0.2, 0) is 4.74 Å². The molecule has 8 heteroatoms. The van der Waals surface area contributed by atoms with E-state index in [0.717, 1.165) is 6.07 Å². The number of carbonyl (C=O) groups excluding carboxylic acids is 1. The molecule has 1 aromatic carbocycles. The van der Waals surface area contributed by atoms with Crippen molar-refractivity contribution in [2.24, 2.45) is 0 Å². The smallest absolute Gasteiger partial charge is 0.358 e. The number of esters is 1. The highest BCUT2D eigenvalue weighted by Gasteiger charge is 2.20. The molecule has 0 spiro atoms. The Kier molecular flexibility index (Phi) is 4.46. The van der Waals surface area contributed by atoms with Gasteiger partial charge >= 0.3 is 5.97 Å². The number of hydrogen-bond donors (Lipinski definition) is 2. The van der Waals surface area contributed by atoms with Gasteiger partial charge in [0.05, 0.1) is 28.7 Å². The van der Waals surface area contributed by atoms with Gasteiger partial charge in [-0.1, -0.05) is 11.6 Å². The van der Waals surface area contributed by atoms with Crippen molar-refractivity contribution in [2.75, 3.05) is 18.1 Å². The minimum Gasteiger partial charge on any atom is -0.461 e. The summed E-state index contributed by atoms with van der Waals surface area (Å²) in [7, 11) is 0. The first-order valence-electron chi connectivity index (χ1n) is 6.23. The molecular formula is C14H12ClF2N3O2. The molecule has 0 aliphatic carbocycles. The van der Waals surface area contributed by atoms with Crippen molar-refractivity contribution in [3.8, 4) is 11.3 Å². The number of nitrogens with two attached hydrogens (primary N) is 2. The SMILES string of the molecule is CCOC(=O)c1nc(-c2cc(F)cc(F)c2N)cc(N)c1Cl. The second-order valence-electron chi connectivity index (χ2n) is 4.33. The predicted octanol–water partition coefficient (Wildman–Crippen LogP) is 3.02. The Balaban J connectivity index is 2.65. The molecule has 22 heavy (non-hydrogen) atoms. The maximum atomic E-state index is 13.5. The Morgan fingerprint density at radius 1 is 1.32 bits per heavy atom. The summed E-state index contributed by atoms with van der Waals surface area (Å²) < 4.78 is 31.7. The van der Waals surface area contributed by atoms with Crippen molar-refractivity contribution >= 4 is 28.9 Å². The number of nitrogens with zero attached hydrogens (tertiary/aromatic N) is 1. The summed E-state index contributed by atoms with van der Waals surface area (Å²) in [6, 6.07) is 2.91. The van der Waals surface area contributed by atoms with E-state index in [2.05, 4.69) is 4.98 Å². The Bertz CT molecular complexity index is 753. The molecule has 0 saturated heterocycles. The van der Waals surface area contributed by atoms with E-state index < -0.39 is 17.6 Å². The van der Waals surface area contributed by atoms with Gasteiger partial charge in [0, 0.05) is 11.6 Å². The van der Waals surface area contributed by atoms with Crippen LogP contribution in [0.4, 0.5) is 20.2 Å². The summed E-state index contributed by atoms with van der Waals surface area (Å²) in [5.74, 6) is -2.57. The summed E-state index contributed by atoms with van der Waals surface area (Å²) in [6.07, 6.45) is 0. The zero-order valence-corrected chi connectivity index (χ0v) is 12.2. The number of pyridine rings is 1. The molecular weight excluding hydrogens is 316 g/mol. The topological polar surface area (TPSA) is 91.2 Å². The molecule has 1 heterocycles. The molecule has 5 nitrogen and oxygen atoms in total. The van der Waals surface area contributed by atoms with E-state index in [-0.39, 0.29) is 40.0 Å². The van der Waals surface area contributed by atoms with Gasteiger partial charge in [0.2, 0.25) is 0 Å². The van der Waals surface area contributed by atoms with Crippen LogP contribution in [-0.4, -0.2) is 17.6 Å². The normalized spacial score (nSPS) is 10.5. The lowest BCUT2D eigenvalue weighted by Crippen LogP contribution is -2.10. The molecule has 0 atom stereocenters. The second-order valence-corrected chi connectivity index (χ2v) is 4.71. The first kappa shape index (κ1) is 16.0. The molecule has 0 fully saturated rings. The van der Waals surface area contributed by atoms with Gasteiger partial charge in [0.15, 0.2) is 5.69 Å². The van der Waals surface area contributed by atoms with E-state index in [1.54, 1.807) is 6.92 Å². The quantitative estimate of drug-likeness (QED) is 0.668. The van der Waals surface area contributed by atoms with E-state index in [9.17, 15) is 13.6 Å². The minimum absolute atomic E-state index is 0.0128. The molecule has 1 aromatic heterocycles. The van der Waals surface area contributed by atoms with E-state index in [4.69, 9.17) is 27.8 Å². The third-order valence-electron chi connectivity index (χ3n) is 2.82. The average Bonchev–Trinajstić information content (AvgIpc) is 2.45. The highest BCUT2D eigenvalue weighted by molar-refractivity contribution is 6.35. The van der Waals surface area contributed by atoms with Crippen molar-refractivity contribution in [3.05, 3.63) is 40.6 Å². The lowest BCUT2D eigenvalue weighted by Gasteiger charge is -2.11. The van der Waals surface area contributed by atoms with Gasteiger partial charge in [-0.05, 0) is 19.1 Å². The lowest BCUT2D eigenvalue weighted by molar-refractivity contribution is 0.0520. The maximum Gasteiger partial charge on any atom is 0.358 e. The van der Waals surface area contributed by atoms with Gasteiger partial charge in [-0.3, -0.25) is 0 Å². The molecule has 2 aromatic rings. The molecule has 0 aliphatic rings. The third kappa shape index (κ3) is 2.94. The first-order chi connectivity index (χ1) is 10.3. The third-order valence-corrected chi connectivity index (χ3v) is 3.22. The summed E-state index contributed by atoms with van der Waals surface area (Å²) in [5, 5.41) is -0.0994. The van der Waals surface area contributed by atoms with Crippen LogP contribution in [0.15, 0.2) is 18.2 Å². The number of benzene rings is 1. The van der Waals surface area contributed by atoms with E-state index in [1.807, 2.05) is 0 Å². The number of anilines is 2. The zero-order chi connectivity index (χ0) is 16.4. The van der Waals surface area contributed by atoms with Gasteiger partial charge in [-0.2, -0.15) is 0 Å². The van der Waals surface area contributed by atoms with Crippen molar-refractivity contribution in [1.29, 1.82) is 0 Å². The molecule has 2 rings (SSSR count). The lowest BCUT2D eigenvalue weighted by atomic mass is 10.1. The molecule has 116 valence electrons. The van der Waals surface area contributed by atoms with Crippen LogP contribution in [0.25, 0.3) is 11.3 Å². The second kappa shape index (κ2) is 6.15. The van der Waals surface area contributed by atoms with Crippen LogP contribution in [0, 0.1) is 11.6 Å². The Labute approximate surface area is 129 Å². The fourth-order valence-electron chi connectivity index (χ4n) is 1.82. The van der Waals surface area contributed by atoms with Gasteiger partial charge in [0.1, 0.15) is 11.6 Å². The number of carbonyl (C=O) groups is 1.